The Kier molecular flexibility index (Phi) is 4.97. The van der Waals surface area contributed by atoms with Gasteiger partial charge in [-0.1, -0.05) is 18.7 Å². The molecule has 1 amide bonds. The van der Waals surface area contributed by atoms with Crippen molar-refractivity contribution in [1.82, 2.24) is 0 Å². The number of aliphatic hydroxyl groups is 1. The Morgan fingerprint density at radius 2 is 2.20 bits per heavy atom. The van der Waals surface area contributed by atoms with Gasteiger partial charge >= 0.3 is 0 Å². The summed E-state index contributed by atoms with van der Waals surface area (Å²) >= 11 is 1.31. The average Bonchev–Trinajstić information content (AvgIpc) is 3.04. The van der Waals surface area contributed by atoms with E-state index in [1.807, 2.05) is 17.5 Å². The lowest BCUT2D eigenvalue weighted by Crippen LogP contribution is -2.08. The molecule has 6 nitrogen and oxygen atoms in total. The second kappa shape index (κ2) is 7.33. The fraction of sp³-hybridized carbons (Fsp3) is 0.111. The fourth-order valence-corrected chi connectivity index (χ4v) is 3.28. The van der Waals surface area contributed by atoms with Crippen LogP contribution >= 0.6 is 11.3 Å². The van der Waals surface area contributed by atoms with Gasteiger partial charge in [0, 0.05) is 29.2 Å². The van der Waals surface area contributed by atoms with E-state index in [1.54, 1.807) is 12.1 Å². The molecule has 0 aliphatic rings. The first-order valence-corrected chi connectivity index (χ1v) is 8.44. The SMILES string of the molecule is C=CC(=O)Nc1cccc(-c2csc3c(=O)cc(NCCO)oc23)c1. The first-order chi connectivity index (χ1) is 12.1. The van der Waals surface area contributed by atoms with Gasteiger partial charge in [-0.25, -0.2) is 0 Å². The van der Waals surface area contributed by atoms with Crippen LogP contribution in [0.15, 0.2) is 57.6 Å². The van der Waals surface area contributed by atoms with Gasteiger partial charge in [0.1, 0.15) is 4.70 Å². The van der Waals surface area contributed by atoms with E-state index in [0.717, 1.165) is 11.1 Å². The van der Waals surface area contributed by atoms with E-state index in [-0.39, 0.29) is 24.5 Å². The van der Waals surface area contributed by atoms with Crippen LogP contribution in [0, 0.1) is 0 Å². The Morgan fingerprint density at radius 3 is 2.96 bits per heavy atom. The van der Waals surface area contributed by atoms with Crippen molar-refractivity contribution in [3.63, 3.8) is 0 Å². The predicted octanol–water partition coefficient (Wildman–Crippen LogP) is 3.05. The molecule has 0 atom stereocenters. The first-order valence-electron chi connectivity index (χ1n) is 7.56. The molecule has 0 bridgehead atoms. The van der Waals surface area contributed by atoms with Crippen LogP contribution in [0.1, 0.15) is 0 Å². The van der Waals surface area contributed by atoms with Crippen molar-refractivity contribution >= 4 is 39.1 Å². The largest absolute Gasteiger partial charge is 0.439 e. The van der Waals surface area contributed by atoms with Gasteiger partial charge in [0.25, 0.3) is 0 Å². The van der Waals surface area contributed by atoms with Gasteiger partial charge in [-0.15, -0.1) is 11.3 Å². The van der Waals surface area contributed by atoms with Crippen LogP contribution in [0.5, 0.6) is 0 Å². The van der Waals surface area contributed by atoms with Gasteiger partial charge in [-0.3, -0.25) is 9.59 Å². The molecule has 25 heavy (non-hydrogen) atoms. The van der Waals surface area contributed by atoms with Gasteiger partial charge in [0.2, 0.25) is 11.3 Å². The quantitative estimate of drug-likeness (QED) is 0.591. The van der Waals surface area contributed by atoms with E-state index in [2.05, 4.69) is 17.2 Å². The summed E-state index contributed by atoms with van der Waals surface area (Å²) in [4.78, 5) is 23.7. The Bertz CT molecular complexity index is 990. The zero-order chi connectivity index (χ0) is 17.8. The van der Waals surface area contributed by atoms with E-state index >= 15 is 0 Å². The highest BCUT2D eigenvalue weighted by Gasteiger charge is 2.14. The molecule has 0 fully saturated rings. The number of anilines is 2. The van der Waals surface area contributed by atoms with Crippen molar-refractivity contribution in [1.29, 1.82) is 0 Å². The van der Waals surface area contributed by atoms with Crippen LogP contribution in [0.2, 0.25) is 0 Å². The second-order valence-corrected chi connectivity index (χ2v) is 6.09. The minimum absolute atomic E-state index is 0.0662. The zero-order valence-corrected chi connectivity index (χ0v) is 14.1. The van der Waals surface area contributed by atoms with Gasteiger partial charge in [0.15, 0.2) is 11.5 Å². The van der Waals surface area contributed by atoms with Crippen molar-refractivity contribution in [2.75, 3.05) is 23.8 Å². The Morgan fingerprint density at radius 1 is 1.36 bits per heavy atom. The number of aliphatic hydroxyl groups excluding tert-OH is 1. The average molecular weight is 356 g/mol. The number of thiophene rings is 1. The third-order valence-corrected chi connectivity index (χ3v) is 4.46. The summed E-state index contributed by atoms with van der Waals surface area (Å²) in [6.07, 6.45) is 1.20. The molecule has 7 heteroatoms. The lowest BCUT2D eigenvalue weighted by atomic mass is 10.1. The van der Waals surface area contributed by atoms with Gasteiger partial charge in [-0.05, 0) is 23.8 Å². The molecule has 3 aromatic rings. The second-order valence-electron chi connectivity index (χ2n) is 5.21. The molecule has 0 spiro atoms. The molecule has 128 valence electrons. The number of hydrogen-bond donors (Lipinski definition) is 3. The molecule has 0 saturated carbocycles. The number of amides is 1. The van der Waals surface area contributed by atoms with Gasteiger partial charge in [0.05, 0.1) is 6.61 Å². The number of fused-ring (bicyclic) bond motifs is 1. The van der Waals surface area contributed by atoms with Crippen molar-refractivity contribution < 1.29 is 14.3 Å². The van der Waals surface area contributed by atoms with Crippen LogP contribution in [-0.2, 0) is 4.79 Å². The summed E-state index contributed by atoms with van der Waals surface area (Å²) < 4.78 is 6.32. The van der Waals surface area contributed by atoms with Crippen molar-refractivity contribution in [2.45, 2.75) is 0 Å². The van der Waals surface area contributed by atoms with E-state index in [0.29, 0.717) is 21.9 Å². The van der Waals surface area contributed by atoms with Crippen molar-refractivity contribution in [3.8, 4) is 11.1 Å². The first kappa shape index (κ1) is 16.9. The van der Waals surface area contributed by atoms with Crippen LogP contribution in [0.3, 0.4) is 0 Å². The molecule has 0 saturated heterocycles. The van der Waals surface area contributed by atoms with Crippen LogP contribution in [-0.4, -0.2) is 24.2 Å². The molecule has 0 unspecified atom stereocenters. The summed E-state index contributed by atoms with van der Waals surface area (Å²) in [5, 5.41) is 16.3. The number of hydrogen-bond acceptors (Lipinski definition) is 6. The lowest BCUT2D eigenvalue weighted by Gasteiger charge is -2.06. The minimum atomic E-state index is -0.297. The van der Waals surface area contributed by atoms with E-state index in [1.165, 1.54) is 23.5 Å². The highest BCUT2D eigenvalue weighted by Crippen LogP contribution is 2.34. The van der Waals surface area contributed by atoms with Crippen LogP contribution < -0.4 is 16.1 Å². The third kappa shape index (κ3) is 3.62. The molecule has 0 aliphatic carbocycles. The Balaban J connectivity index is 2.05. The number of rotatable bonds is 6. The summed E-state index contributed by atoms with van der Waals surface area (Å²) in [5.41, 5.74) is 2.54. The zero-order valence-electron chi connectivity index (χ0n) is 13.2. The van der Waals surface area contributed by atoms with E-state index < -0.39 is 0 Å². The number of carbonyl (C=O) groups excluding carboxylic acids is 1. The summed E-state index contributed by atoms with van der Waals surface area (Å²) in [6.45, 7) is 3.65. The predicted molar refractivity (Wildman–Crippen MR) is 100 cm³/mol. The molecule has 3 N–H and O–H groups in total. The third-order valence-electron chi connectivity index (χ3n) is 3.48. The Labute approximate surface area is 147 Å². The summed E-state index contributed by atoms with van der Waals surface area (Å²) in [7, 11) is 0. The van der Waals surface area contributed by atoms with Crippen molar-refractivity contribution in [2.24, 2.45) is 0 Å². The standard InChI is InChI=1S/C18H16N2O4S/c1-2-15(23)20-12-5-3-4-11(8-12)13-10-25-18-14(22)9-16(19-6-7-21)24-17(13)18/h2-5,8-10,19,21H,1,6-7H2,(H,20,23). The molecular weight excluding hydrogens is 340 g/mol. The highest BCUT2D eigenvalue weighted by atomic mass is 32.1. The maximum absolute atomic E-state index is 12.2. The topological polar surface area (TPSA) is 91.6 Å². The number of carbonyl (C=O) groups is 1. The molecule has 1 aromatic carbocycles. The molecule has 0 aliphatic heterocycles. The molecule has 2 aromatic heterocycles. The number of benzene rings is 1. The van der Waals surface area contributed by atoms with Crippen LogP contribution in [0.25, 0.3) is 21.4 Å². The van der Waals surface area contributed by atoms with Crippen molar-refractivity contribution in [3.05, 3.63) is 58.6 Å². The monoisotopic (exact) mass is 356 g/mol. The number of nitrogens with one attached hydrogen (secondary N) is 2. The van der Waals surface area contributed by atoms with Crippen LogP contribution in [0.4, 0.5) is 11.6 Å². The van der Waals surface area contributed by atoms with E-state index in [4.69, 9.17) is 9.52 Å². The fourth-order valence-electron chi connectivity index (χ4n) is 2.37. The van der Waals surface area contributed by atoms with Gasteiger partial charge in [-0.2, -0.15) is 0 Å². The highest BCUT2D eigenvalue weighted by molar-refractivity contribution is 7.17. The molecular formula is C18H16N2O4S. The molecule has 0 radical (unpaired) electrons. The summed E-state index contributed by atoms with van der Waals surface area (Å²) in [5.74, 6) is 0.0108. The maximum Gasteiger partial charge on any atom is 0.247 e. The van der Waals surface area contributed by atoms with E-state index in [9.17, 15) is 9.59 Å². The molecule has 3 rings (SSSR count). The molecule has 2 heterocycles. The normalized spacial score (nSPS) is 10.6. The lowest BCUT2D eigenvalue weighted by molar-refractivity contribution is -0.111. The smallest absolute Gasteiger partial charge is 0.247 e. The maximum atomic E-state index is 12.2. The summed E-state index contributed by atoms with van der Waals surface area (Å²) in [6, 6.07) is 8.63. The van der Waals surface area contributed by atoms with Gasteiger partial charge < -0.3 is 20.2 Å². The minimum Gasteiger partial charge on any atom is -0.439 e. The Hall–Kier alpha value is -2.90.